The van der Waals surface area contributed by atoms with Gasteiger partial charge in [-0.15, -0.1) is 0 Å². The number of hydrogen-bond acceptors (Lipinski definition) is 3. The molecule has 0 aromatic carbocycles. The van der Waals surface area contributed by atoms with Gasteiger partial charge in [0.25, 0.3) is 0 Å². The fourth-order valence-corrected chi connectivity index (χ4v) is 1.05. The molecular weight excluding hydrogens is 152 g/mol. The summed E-state index contributed by atoms with van der Waals surface area (Å²) in [6, 6.07) is 3.68. The third kappa shape index (κ3) is 1.74. The maximum atomic E-state index is 5.83. The Balaban J connectivity index is 2.96. The highest BCUT2D eigenvalue weighted by atomic mass is 16.5. The lowest BCUT2D eigenvalue weighted by Crippen LogP contribution is -2.11. The van der Waals surface area contributed by atoms with Crippen LogP contribution in [0.1, 0.15) is 25.1 Å². The van der Waals surface area contributed by atoms with Crippen molar-refractivity contribution in [3.8, 4) is 5.75 Å². The molecule has 1 aromatic heterocycles. The highest BCUT2D eigenvalue weighted by molar-refractivity contribution is 5.28. The van der Waals surface area contributed by atoms with Crippen LogP contribution in [0.4, 0.5) is 0 Å². The van der Waals surface area contributed by atoms with Gasteiger partial charge in [-0.05, 0) is 18.6 Å². The van der Waals surface area contributed by atoms with Crippen molar-refractivity contribution in [3.05, 3.63) is 24.0 Å². The number of nitrogens with zero attached hydrogens (tertiary/aromatic N) is 1. The molecule has 3 heteroatoms. The molecule has 1 atom stereocenters. The number of nitrogens with two attached hydrogens (primary N) is 1. The normalized spacial score (nSPS) is 12.6. The van der Waals surface area contributed by atoms with E-state index in [0.717, 1.165) is 17.9 Å². The number of methoxy groups -OCH3 is 1. The summed E-state index contributed by atoms with van der Waals surface area (Å²) in [5.74, 6) is 0.770. The van der Waals surface area contributed by atoms with Crippen molar-refractivity contribution in [1.29, 1.82) is 0 Å². The van der Waals surface area contributed by atoms with Gasteiger partial charge < -0.3 is 10.5 Å². The quantitative estimate of drug-likeness (QED) is 0.740. The summed E-state index contributed by atoms with van der Waals surface area (Å²) >= 11 is 0. The van der Waals surface area contributed by atoms with Gasteiger partial charge in [0, 0.05) is 6.20 Å². The Labute approximate surface area is 72.6 Å². The fourth-order valence-electron chi connectivity index (χ4n) is 1.05. The zero-order valence-corrected chi connectivity index (χ0v) is 7.45. The van der Waals surface area contributed by atoms with E-state index in [-0.39, 0.29) is 6.04 Å². The molecule has 0 unspecified atom stereocenters. The van der Waals surface area contributed by atoms with Gasteiger partial charge in [-0.25, -0.2) is 0 Å². The number of hydrogen-bond donors (Lipinski definition) is 1. The van der Waals surface area contributed by atoms with E-state index in [2.05, 4.69) is 4.98 Å². The Morgan fingerprint density at radius 3 is 3.00 bits per heavy atom. The van der Waals surface area contributed by atoms with E-state index in [1.807, 2.05) is 19.1 Å². The third-order valence-corrected chi connectivity index (χ3v) is 1.81. The smallest absolute Gasteiger partial charge is 0.141 e. The van der Waals surface area contributed by atoms with Gasteiger partial charge in [0.2, 0.25) is 0 Å². The molecule has 1 heterocycles. The molecular formula is C9H14N2O. The molecule has 3 nitrogen and oxygen atoms in total. The van der Waals surface area contributed by atoms with Crippen LogP contribution in [0.15, 0.2) is 18.3 Å². The molecule has 66 valence electrons. The van der Waals surface area contributed by atoms with Crippen molar-refractivity contribution in [1.82, 2.24) is 4.98 Å². The first-order chi connectivity index (χ1) is 5.79. The Bertz CT molecular complexity index is 250. The number of pyridine rings is 1. The molecule has 0 aliphatic carbocycles. The Kier molecular flexibility index (Phi) is 3.05. The van der Waals surface area contributed by atoms with Crippen LogP contribution >= 0.6 is 0 Å². The molecule has 1 rings (SSSR count). The summed E-state index contributed by atoms with van der Waals surface area (Å²) in [4.78, 5) is 4.17. The summed E-state index contributed by atoms with van der Waals surface area (Å²) < 4.78 is 5.13. The first-order valence-electron chi connectivity index (χ1n) is 4.04. The van der Waals surface area contributed by atoms with Gasteiger partial charge in [-0.2, -0.15) is 0 Å². The Morgan fingerprint density at radius 2 is 2.42 bits per heavy atom. The third-order valence-electron chi connectivity index (χ3n) is 1.81. The molecule has 0 fully saturated rings. The molecule has 0 saturated carbocycles. The summed E-state index contributed by atoms with van der Waals surface area (Å²) in [5, 5.41) is 0. The van der Waals surface area contributed by atoms with Crippen LogP contribution in [0.3, 0.4) is 0 Å². The van der Waals surface area contributed by atoms with Crippen LogP contribution in [0.25, 0.3) is 0 Å². The van der Waals surface area contributed by atoms with Crippen LogP contribution < -0.4 is 10.5 Å². The van der Waals surface area contributed by atoms with Crippen molar-refractivity contribution >= 4 is 0 Å². The predicted octanol–water partition coefficient (Wildman–Crippen LogP) is 1.50. The van der Waals surface area contributed by atoms with Gasteiger partial charge in [0.1, 0.15) is 5.75 Å². The molecule has 0 aliphatic rings. The molecule has 0 aliphatic heterocycles. The van der Waals surface area contributed by atoms with Crippen LogP contribution in [-0.4, -0.2) is 12.1 Å². The van der Waals surface area contributed by atoms with Crippen LogP contribution in [0.2, 0.25) is 0 Å². The van der Waals surface area contributed by atoms with Gasteiger partial charge in [0.15, 0.2) is 0 Å². The summed E-state index contributed by atoms with van der Waals surface area (Å²) in [7, 11) is 1.63. The maximum Gasteiger partial charge on any atom is 0.141 e. The molecule has 12 heavy (non-hydrogen) atoms. The lowest BCUT2D eigenvalue weighted by molar-refractivity contribution is 0.401. The van der Waals surface area contributed by atoms with Crippen molar-refractivity contribution < 1.29 is 4.74 Å². The predicted molar refractivity (Wildman–Crippen MR) is 48.0 cm³/mol. The zero-order chi connectivity index (χ0) is 8.97. The largest absolute Gasteiger partial charge is 0.495 e. The van der Waals surface area contributed by atoms with Crippen LogP contribution in [0, 0.1) is 0 Å². The minimum atomic E-state index is -0.0267. The van der Waals surface area contributed by atoms with E-state index in [9.17, 15) is 0 Å². The highest BCUT2D eigenvalue weighted by Crippen LogP contribution is 2.21. The van der Waals surface area contributed by atoms with Crippen molar-refractivity contribution in [2.75, 3.05) is 7.11 Å². The highest BCUT2D eigenvalue weighted by Gasteiger charge is 2.09. The molecule has 0 radical (unpaired) electrons. The average molecular weight is 166 g/mol. The second kappa shape index (κ2) is 4.07. The van der Waals surface area contributed by atoms with E-state index < -0.39 is 0 Å². The van der Waals surface area contributed by atoms with Gasteiger partial charge in [-0.3, -0.25) is 4.98 Å². The van der Waals surface area contributed by atoms with Crippen LogP contribution in [0.5, 0.6) is 5.75 Å². The molecule has 0 bridgehead atoms. The maximum absolute atomic E-state index is 5.83. The SMILES string of the molecule is CC[C@H](N)c1ncccc1OC. The second-order valence-electron chi connectivity index (χ2n) is 2.61. The summed E-state index contributed by atoms with van der Waals surface area (Å²) in [5.41, 5.74) is 6.66. The van der Waals surface area contributed by atoms with E-state index in [4.69, 9.17) is 10.5 Å². The van der Waals surface area contributed by atoms with Gasteiger partial charge in [0.05, 0.1) is 18.8 Å². The minimum Gasteiger partial charge on any atom is -0.495 e. The summed E-state index contributed by atoms with van der Waals surface area (Å²) in [6.07, 6.45) is 2.60. The first kappa shape index (κ1) is 9.00. The van der Waals surface area contributed by atoms with E-state index in [1.54, 1.807) is 13.3 Å². The van der Waals surface area contributed by atoms with E-state index >= 15 is 0 Å². The topological polar surface area (TPSA) is 48.1 Å². The fraction of sp³-hybridized carbons (Fsp3) is 0.444. The van der Waals surface area contributed by atoms with Crippen molar-refractivity contribution in [2.45, 2.75) is 19.4 Å². The standard InChI is InChI=1S/C9H14N2O/c1-3-7(10)9-8(12-2)5-4-6-11-9/h4-7H,3,10H2,1-2H3/t7-/m0/s1. The van der Waals surface area contributed by atoms with Crippen LogP contribution in [-0.2, 0) is 0 Å². The van der Waals surface area contributed by atoms with E-state index in [1.165, 1.54) is 0 Å². The number of ether oxygens (including phenoxy) is 1. The first-order valence-corrected chi connectivity index (χ1v) is 4.04. The van der Waals surface area contributed by atoms with Crippen molar-refractivity contribution in [2.24, 2.45) is 5.73 Å². The molecule has 0 saturated heterocycles. The Morgan fingerprint density at radius 1 is 1.67 bits per heavy atom. The number of rotatable bonds is 3. The lowest BCUT2D eigenvalue weighted by atomic mass is 10.1. The minimum absolute atomic E-state index is 0.0267. The second-order valence-corrected chi connectivity index (χ2v) is 2.61. The molecule has 2 N–H and O–H groups in total. The van der Waals surface area contributed by atoms with E-state index in [0.29, 0.717) is 0 Å². The lowest BCUT2D eigenvalue weighted by Gasteiger charge is -2.11. The number of aromatic nitrogens is 1. The van der Waals surface area contributed by atoms with Gasteiger partial charge in [-0.1, -0.05) is 6.92 Å². The average Bonchev–Trinajstić information content (AvgIpc) is 2.16. The molecule has 0 amide bonds. The zero-order valence-electron chi connectivity index (χ0n) is 7.45. The van der Waals surface area contributed by atoms with Crippen molar-refractivity contribution in [3.63, 3.8) is 0 Å². The molecule has 0 spiro atoms. The molecule has 1 aromatic rings. The monoisotopic (exact) mass is 166 g/mol. The Hall–Kier alpha value is -1.09. The van der Waals surface area contributed by atoms with Gasteiger partial charge >= 0.3 is 0 Å². The summed E-state index contributed by atoms with van der Waals surface area (Å²) in [6.45, 7) is 2.03.